The zero-order valence-corrected chi connectivity index (χ0v) is 11.1. The Bertz CT molecular complexity index is 389. The molecule has 3 atom stereocenters. The van der Waals surface area contributed by atoms with Crippen molar-refractivity contribution in [1.82, 2.24) is 0 Å². The molecule has 1 aromatic carbocycles. The quantitative estimate of drug-likeness (QED) is 0.789. The van der Waals surface area contributed by atoms with Crippen LogP contribution in [0.25, 0.3) is 0 Å². The van der Waals surface area contributed by atoms with Crippen LogP contribution in [0, 0.1) is 18.8 Å². The van der Waals surface area contributed by atoms with Gasteiger partial charge in [0, 0.05) is 0 Å². The van der Waals surface area contributed by atoms with Crippen LogP contribution >= 0.6 is 0 Å². The third-order valence-electron chi connectivity index (χ3n) is 4.13. The molecule has 0 aliphatic heterocycles. The molecule has 1 saturated carbocycles. The second-order valence-corrected chi connectivity index (χ2v) is 5.49. The predicted molar refractivity (Wildman–Crippen MR) is 72.2 cm³/mol. The van der Waals surface area contributed by atoms with Gasteiger partial charge in [0.2, 0.25) is 0 Å². The first-order chi connectivity index (χ1) is 8.08. The summed E-state index contributed by atoms with van der Waals surface area (Å²) in [5, 5.41) is 0. The van der Waals surface area contributed by atoms with E-state index in [9.17, 15) is 0 Å². The number of anilines is 1. The van der Waals surface area contributed by atoms with Gasteiger partial charge in [-0.15, -0.1) is 0 Å². The van der Waals surface area contributed by atoms with Gasteiger partial charge in [-0.1, -0.05) is 26.0 Å². The summed E-state index contributed by atoms with van der Waals surface area (Å²) in [6.45, 7) is 6.68. The van der Waals surface area contributed by atoms with E-state index in [0.717, 1.165) is 41.7 Å². The molecular weight excluding hydrogens is 210 g/mol. The summed E-state index contributed by atoms with van der Waals surface area (Å²) in [6, 6.07) is 6.01. The number of para-hydroxylation sites is 1. The van der Waals surface area contributed by atoms with Gasteiger partial charge >= 0.3 is 0 Å². The Balaban J connectivity index is 2.04. The Morgan fingerprint density at radius 3 is 2.65 bits per heavy atom. The summed E-state index contributed by atoms with van der Waals surface area (Å²) < 4.78 is 6.06. The number of rotatable bonds is 2. The molecule has 0 bridgehead atoms. The summed E-state index contributed by atoms with van der Waals surface area (Å²) in [6.07, 6.45) is 3.90. The van der Waals surface area contributed by atoms with E-state index in [1.165, 1.54) is 6.42 Å². The number of hydrogen-bond acceptors (Lipinski definition) is 2. The van der Waals surface area contributed by atoms with Crippen molar-refractivity contribution in [3.05, 3.63) is 23.8 Å². The molecule has 2 heteroatoms. The van der Waals surface area contributed by atoms with Crippen molar-refractivity contribution >= 4 is 5.69 Å². The van der Waals surface area contributed by atoms with Crippen molar-refractivity contribution in [2.75, 3.05) is 5.73 Å². The minimum Gasteiger partial charge on any atom is -0.488 e. The molecule has 2 nitrogen and oxygen atoms in total. The van der Waals surface area contributed by atoms with Gasteiger partial charge < -0.3 is 10.5 Å². The first kappa shape index (κ1) is 12.3. The van der Waals surface area contributed by atoms with Gasteiger partial charge in [0.15, 0.2) is 0 Å². The number of nitrogen functional groups attached to an aromatic ring is 1. The molecular formula is C15H23NO. The first-order valence-corrected chi connectivity index (χ1v) is 6.59. The maximum Gasteiger partial charge on any atom is 0.142 e. The lowest BCUT2D eigenvalue weighted by Gasteiger charge is -2.32. The molecule has 2 rings (SSSR count). The molecule has 0 aromatic heterocycles. The van der Waals surface area contributed by atoms with E-state index in [0.29, 0.717) is 6.10 Å². The maximum atomic E-state index is 6.06. The van der Waals surface area contributed by atoms with E-state index in [1.54, 1.807) is 0 Å². The average molecular weight is 233 g/mol. The van der Waals surface area contributed by atoms with Crippen LogP contribution in [0.3, 0.4) is 0 Å². The second kappa shape index (κ2) is 4.99. The molecule has 1 fully saturated rings. The third-order valence-corrected chi connectivity index (χ3v) is 4.13. The predicted octanol–water partition coefficient (Wildman–Crippen LogP) is 3.78. The highest BCUT2D eigenvalue weighted by Crippen LogP contribution is 2.33. The van der Waals surface area contributed by atoms with E-state index in [1.807, 2.05) is 25.1 Å². The number of nitrogens with two attached hydrogens (primary N) is 1. The van der Waals surface area contributed by atoms with Crippen molar-refractivity contribution in [1.29, 1.82) is 0 Å². The highest BCUT2D eigenvalue weighted by Gasteiger charge is 2.26. The van der Waals surface area contributed by atoms with E-state index in [4.69, 9.17) is 10.5 Å². The minimum atomic E-state index is 0.338. The van der Waals surface area contributed by atoms with Crippen molar-refractivity contribution in [2.24, 2.45) is 11.8 Å². The fourth-order valence-electron chi connectivity index (χ4n) is 2.54. The fraction of sp³-hybridized carbons (Fsp3) is 0.600. The summed E-state index contributed by atoms with van der Waals surface area (Å²) in [7, 11) is 0. The molecule has 0 saturated heterocycles. The standard InChI is InChI=1S/C15H23NO/c1-10-7-8-13(9-12(10)3)17-14-6-4-5-11(2)15(14)16/h4-6,10,12-13H,7-9,16H2,1-3H3. The van der Waals surface area contributed by atoms with Gasteiger partial charge in [0.25, 0.3) is 0 Å². The Morgan fingerprint density at radius 2 is 1.94 bits per heavy atom. The molecule has 3 unspecified atom stereocenters. The first-order valence-electron chi connectivity index (χ1n) is 6.59. The second-order valence-electron chi connectivity index (χ2n) is 5.49. The van der Waals surface area contributed by atoms with Crippen LogP contribution in [0.5, 0.6) is 5.75 Å². The summed E-state index contributed by atoms with van der Waals surface area (Å²) in [4.78, 5) is 0. The lowest BCUT2D eigenvalue weighted by Crippen LogP contribution is -2.29. The van der Waals surface area contributed by atoms with E-state index >= 15 is 0 Å². The van der Waals surface area contributed by atoms with E-state index in [2.05, 4.69) is 13.8 Å². The third kappa shape index (κ3) is 2.74. The van der Waals surface area contributed by atoms with Crippen molar-refractivity contribution in [3.8, 4) is 5.75 Å². The monoisotopic (exact) mass is 233 g/mol. The van der Waals surface area contributed by atoms with Crippen molar-refractivity contribution in [3.63, 3.8) is 0 Å². The van der Waals surface area contributed by atoms with Gasteiger partial charge in [-0.05, 0) is 49.7 Å². The highest BCUT2D eigenvalue weighted by molar-refractivity contribution is 5.57. The lowest BCUT2D eigenvalue weighted by molar-refractivity contribution is 0.101. The van der Waals surface area contributed by atoms with Crippen LogP contribution in [0.15, 0.2) is 18.2 Å². The fourth-order valence-corrected chi connectivity index (χ4v) is 2.54. The van der Waals surface area contributed by atoms with E-state index in [-0.39, 0.29) is 0 Å². The van der Waals surface area contributed by atoms with Gasteiger partial charge in [0.1, 0.15) is 5.75 Å². The van der Waals surface area contributed by atoms with Gasteiger partial charge in [-0.3, -0.25) is 0 Å². The molecule has 94 valence electrons. The average Bonchev–Trinajstić information content (AvgIpc) is 2.30. The van der Waals surface area contributed by atoms with Crippen LogP contribution in [0.1, 0.15) is 38.7 Å². The zero-order chi connectivity index (χ0) is 12.4. The number of benzene rings is 1. The van der Waals surface area contributed by atoms with Gasteiger partial charge in [0.05, 0.1) is 11.8 Å². The number of aryl methyl sites for hydroxylation is 1. The zero-order valence-electron chi connectivity index (χ0n) is 11.1. The van der Waals surface area contributed by atoms with Crippen LogP contribution in [0.4, 0.5) is 5.69 Å². The van der Waals surface area contributed by atoms with Crippen LogP contribution in [-0.2, 0) is 0 Å². The smallest absolute Gasteiger partial charge is 0.142 e. The van der Waals surface area contributed by atoms with Crippen molar-refractivity contribution < 1.29 is 4.74 Å². The van der Waals surface area contributed by atoms with E-state index < -0.39 is 0 Å². The topological polar surface area (TPSA) is 35.2 Å². The number of hydrogen-bond donors (Lipinski definition) is 1. The molecule has 0 radical (unpaired) electrons. The molecule has 2 N–H and O–H groups in total. The maximum absolute atomic E-state index is 6.06. The molecule has 1 aromatic rings. The largest absolute Gasteiger partial charge is 0.488 e. The lowest BCUT2D eigenvalue weighted by atomic mass is 9.80. The molecule has 0 spiro atoms. The molecule has 1 aliphatic rings. The Kier molecular flexibility index (Phi) is 3.60. The Morgan fingerprint density at radius 1 is 1.18 bits per heavy atom. The normalized spacial score (nSPS) is 29.0. The van der Waals surface area contributed by atoms with Gasteiger partial charge in [-0.25, -0.2) is 0 Å². The summed E-state index contributed by atoms with van der Waals surface area (Å²) in [5.41, 5.74) is 7.92. The van der Waals surface area contributed by atoms with Crippen molar-refractivity contribution in [2.45, 2.75) is 46.1 Å². The number of ether oxygens (including phenoxy) is 1. The van der Waals surface area contributed by atoms with Crippen LogP contribution < -0.4 is 10.5 Å². The highest BCUT2D eigenvalue weighted by atomic mass is 16.5. The van der Waals surface area contributed by atoms with Gasteiger partial charge in [-0.2, -0.15) is 0 Å². The van der Waals surface area contributed by atoms with Crippen LogP contribution in [-0.4, -0.2) is 6.10 Å². The summed E-state index contributed by atoms with van der Waals surface area (Å²) >= 11 is 0. The van der Waals surface area contributed by atoms with Crippen LogP contribution in [0.2, 0.25) is 0 Å². The Labute approximate surface area is 104 Å². The Hall–Kier alpha value is -1.18. The summed E-state index contributed by atoms with van der Waals surface area (Å²) in [5.74, 6) is 2.43. The molecule has 17 heavy (non-hydrogen) atoms. The molecule has 0 heterocycles. The SMILES string of the molecule is Cc1cccc(OC2CCC(C)C(C)C2)c1N. The molecule has 1 aliphatic carbocycles. The molecule has 0 amide bonds. The minimum absolute atomic E-state index is 0.338.